The van der Waals surface area contributed by atoms with Gasteiger partial charge in [0.1, 0.15) is 5.15 Å². The monoisotopic (exact) mass is 269 g/mol. The van der Waals surface area contributed by atoms with Crippen LogP contribution in [0.25, 0.3) is 0 Å². The number of pyridine rings is 1. The van der Waals surface area contributed by atoms with E-state index in [-0.39, 0.29) is 29.9 Å². The molecule has 0 spiro atoms. The Kier molecular flexibility index (Phi) is 5.09. The van der Waals surface area contributed by atoms with Crippen LogP contribution in [0.2, 0.25) is 5.15 Å². The van der Waals surface area contributed by atoms with Gasteiger partial charge < -0.3 is 11.1 Å². The van der Waals surface area contributed by atoms with Gasteiger partial charge >= 0.3 is 0 Å². The minimum Gasteiger partial charge on any atom is -0.370 e. The van der Waals surface area contributed by atoms with E-state index in [1.165, 1.54) is 6.07 Å². The van der Waals surface area contributed by atoms with Gasteiger partial charge in [0.2, 0.25) is 5.91 Å². The molecule has 1 rings (SSSR count). The molecule has 0 saturated carbocycles. The van der Waals surface area contributed by atoms with E-state index < -0.39 is 5.91 Å². The predicted molar refractivity (Wildman–Crippen MR) is 69.5 cm³/mol. The number of nitrogens with zero attached hydrogens (tertiary/aromatic N) is 1. The summed E-state index contributed by atoms with van der Waals surface area (Å²) in [7, 11) is 0. The van der Waals surface area contributed by atoms with Gasteiger partial charge in [-0.05, 0) is 18.1 Å². The molecule has 0 aliphatic carbocycles. The second kappa shape index (κ2) is 6.35. The van der Waals surface area contributed by atoms with Gasteiger partial charge in [0, 0.05) is 24.2 Å². The predicted octanol–water partition coefficient (Wildman–Crippen LogP) is 1.46. The lowest BCUT2D eigenvalue weighted by molar-refractivity contribution is -0.117. The number of amides is 2. The summed E-state index contributed by atoms with van der Waals surface area (Å²) >= 11 is 5.86. The Morgan fingerprint density at radius 3 is 2.67 bits per heavy atom. The van der Waals surface area contributed by atoms with Crippen molar-refractivity contribution in [1.82, 2.24) is 10.3 Å². The summed E-state index contributed by atoms with van der Waals surface area (Å²) in [5.41, 5.74) is 6.17. The van der Waals surface area contributed by atoms with Crippen LogP contribution in [0, 0.1) is 0 Å². The van der Waals surface area contributed by atoms with Crippen molar-refractivity contribution in [1.29, 1.82) is 0 Å². The molecule has 0 unspecified atom stereocenters. The summed E-state index contributed by atoms with van der Waals surface area (Å²) < 4.78 is 0. The third kappa shape index (κ3) is 4.33. The average molecular weight is 270 g/mol. The van der Waals surface area contributed by atoms with Crippen molar-refractivity contribution in [2.75, 3.05) is 6.54 Å². The number of nitrogens with one attached hydrogen (secondary N) is 1. The summed E-state index contributed by atoms with van der Waals surface area (Å²) in [6.45, 7) is 4.14. The molecular weight excluding hydrogens is 254 g/mol. The Bertz CT molecular complexity index is 461. The summed E-state index contributed by atoms with van der Waals surface area (Å²) in [4.78, 5) is 26.5. The van der Waals surface area contributed by atoms with Gasteiger partial charge in [-0.1, -0.05) is 25.4 Å². The van der Waals surface area contributed by atoms with E-state index in [1.807, 2.05) is 13.8 Å². The minimum absolute atomic E-state index is 0.113. The maximum absolute atomic E-state index is 11.8. The van der Waals surface area contributed by atoms with Gasteiger partial charge in [0.25, 0.3) is 5.91 Å². The molecule has 0 radical (unpaired) electrons. The Labute approximate surface area is 111 Å². The molecule has 98 valence electrons. The van der Waals surface area contributed by atoms with Crippen molar-refractivity contribution in [3.8, 4) is 0 Å². The topological polar surface area (TPSA) is 85.1 Å². The zero-order valence-electron chi connectivity index (χ0n) is 10.4. The zero-order chi connectivity index (χ0) is 13.7. The molecule has 1 aromatic heterocycles. The second-order valence-corrected chi connectivity index (χ2v) is 4.62. The third-order valence-electron chi connectivity index (χ3n) is 2.32. The lowest BCUT2D eigenvalue weighted by Gasteiger charge is -2.08. The Morgan fingerprint density at radius 1 is 1.44 bits per heavy atom. The SMILES string of the molecule is CC(C)c1cc(C(=O)NCCC(N)=O)cc(Cl)n1. The van der Waals surface area contributed by atoms with Crippen LogP contribution in [0.15, 0.2) is 12.1 Å². The van der Waals surface area contributed by atoms with Gasteiger partial charge in [0.15, 0.2) is 0 Å². The molecular formula is C12H16ClN3O2. The van der Waals surface area contributed by atoms with Crippen LogP contribution in [-0.4, -0.2) is 23.3 Å². The number of halogens is 1. The van der Waals surface area contributed by atoms with Crippen LogP contribution in [0.4, 0.5) is 0 Å². The first-order chi connectivity index (χ1) is 8.40. The fourth-order valence-corrected chi connectivity index (χ4v) is 1.56. The van der Waals surface area contributed by atoms with Crippen molar-refractivity contribution < 1.29 is 9.59 Å². The van der Waals surface area contributed by atoms with Gasteiger partial charge in [-0.2, -0.15) is 0 Å². The molecule has 0 aliphatic rings. The Morgan fingerprint density at radius 2 is 2.11 bits per heavy atom. The fraction of sp³-hybridized carbons (Fsp3) is 0.417. The third-order valence-corrected chi connectivity index (χ3v) is 2.52. The van der Waals surface area contributed by atoms with E-state index in [0.29, 0.717) is 5.56 Å². The molecule has 1 heterocycles. The van der Waals surface area contributed by atoms with E-state index in [0.717, 1.165) is 5.69 Å². The number of primary amides is 1. The molecule has 18 heavy (non-hydrogen) atoms. The van der Waals surface area contributed by atoms with Crippen molar-refractivity contribution in [3.05, 3.63) is 28.5 Å². The number of hydrogen-bond donors (Lipinski definition) is 2. The van der Waals surface area contributed by atoms with Gasteiger partial charge in [0.05, 0.1) is 0 Å². The number of carbonyl (C=O) groups is 2. The zero-order valence-corrected chi connectivity index (χ0v) is 11.1. The molecule has 3 N–H and O–H groups in total. The first-order valence-corrected chi connectivity index (χ1v) is 6.02. The largest absolute Gasteiger partial charge is 0.370 e. The highest BCUT2D eigenvalue weighted by atomic mass is 35.5. The van der Waals surface area contributed by atoms with Crippen LogP contribution >= 0.6 is 11.6 Å². The number of hydrogen-bond acceptors (Lipinski definition) is 3. The normalized spacial score (nSPS) is 10.4. The van der Waals surface area contributed by atoms with Crippen molar-refractivity contribution in [3.63, 3.8) is 0 Å². The molecule has 1 aromatic rings. The molecule has 5 nitrogen and oxygen atoms in total. The highest BCUT2D eigenvalue weighted by molar-refractivity contribution is 6.29. The molecule has 0 aromatic carbocycles. The van der Waals surface area contributed by atoms with E-state index in [2.05, 4.69) is 10.3 Å². The fourth-order valence-electron chi connectivity index (χ4n) is 1.35. The van der Waals surface area contributed by atoms with Crippen molar-refractivity contribution in [2.24, 2.45) is 5.73 Å². The molecule has 0 fully saturated rings. The van der Waals surface area contributed by atoms with Gasteiger partial charge in [-0.25, -0.2) is 4.98 Å². The summed E-state index contributed by atoms with van der Waals surface area (Å²) in [5.74, 6) is -0.561. The van der Waals surface area contributed by atoms with E-state index in [9.17, 15) is 9.59 Å². The highest BCUT2D eigenvalue weighted by Crippen LogP contribution is 2.17. The lowest BCUT2D eigenvalue weighted by atomic mass is 10.1. The van der Waals surface area contributed by atoms with E-state index >= 15 is 0 Å². The van der Waals surface area contributed by atoms with Gasteiger partial charge in [-0.3, -0.25) is 9.59 Å². The Balaban J connectivity index is 2.76. The Hall–Kier alpha value is -1.62. The summed E-state index contributed by atoms with van der Waals surface area (Å²) in [5, 5.41) is 2.88. The average Bonchev–Trinajstić information content (AvgIpc) is 2.27. The number of rotatable bonds is 5. The number of nitrogens with two attached hydrogens (primary N) is 1. The van der Waals surface area contributed by atoms with Crippen LogP contribution in [0.1, 0.15) is 42.2 Å². The first-order valence-electron chi connectivity index (χ1n) is 5.64. The number of carbonyl (C=O) groups excluding carboxylic acids is 2. The van der Waals surface area contributed by atoms with Crippen LogP contribution < -0.4 is 11.1 Å². The quantitative estimate of drug-likeness (QED) is 0.794. The maximum Gasteiger partial charge on any atom is 0.251 e. The van der Waals surface area contributed by atoms with Crippen LogP contribution in [0.5, 0.6) is 0 Å². The van der Waals surface area contributed by atoms with E-state index in [4.69, 9.17) is 17.3 Å². The molecule has 0 aliphatic heterocycles. The first kappa shape index (κ1) is 14.4. The van der Waals surface area contributed by atoms with Crippen molar-refractivity contribution in [2.45, 2.75) is 26.2 Å². The van der Waals surface area contributed by atoms with E-state index in [1.54, 1.807) is 6.07 Å². The summed E-state index contributed by atoms with van der Waals surface area (Å²) in [6.07, 6.45) is 0.113. The van der Waals surface area contributed by atoms with Crippen molar-refractivity contribution >= 4 is 23.4 Å². The molecule has 6 heteroatoms. The van der Waals surface area contributed by atoms with Gasteiger partial charge in [-0.15, -0.1) is 0 Å². The molecule has 0 atom stereocenters. The second-order valence-electron chi connectivity index (χ2n) is 4.23. The standard InChI is InChI=1S/C12H16ClN3O2/c1-7(2)9-5-8(6-10(13)16-9)12(18)15-4-3-11(14)17/h5-7H,3-4H2,1-2H3,(H2,14,17)(H,15,18). The molecule has 0 saturated heterocycles. The van der Waals surface area contributed by atoms with Crippen LogP contribution in [0.3, 0.4) is 0 Å². The lowest BCUT2D eigenvalue weighted by Crippen LogP contribution is -2.28. The van der Waals surface area contributed by atoms with Crippen LogP contribution in [-0.2, 0) is 4.79 Å². The molecule has 2 amide bonds. The highest BCUT2D eigenvalue weighted by Gasteiger charge is 2.11. The number of aromatic nitrogens is 1. The molecule has 0 bridgehead atoms. The maximum atomic E-state index is 11.8. The minimum atomic E-state index is -0.453. The smallest absolute Gasteiger partial charge is 0.251 e. The summed E-state index contributed by atoms with van der Waals surface area (Å²) in [6, 6.07) is 3.18.